The van der Waals surface area contributed by atoms with Crippen molar-refractivity contribution < 1.29 is 9.53 Å². The molecule has 4 aromatic rings. The molecule has 0 radical (unpaired) electrons. The number of rotatable bonds is 6. The number of nitrogens with zero attached hydrogens (tertiary/aromatic N) is 4. The molecule has 2 heterocycles. The zero-order valence-electron chi connectivity index (χ0n) is 18.1. The Morgan fingerprint density at radius 3 is 2.53 bits per heavy atom. The van der Waals surface area contributed by atoms with Crippen molar-refractivity contribution in [3.63, 3.8) is 0 Å². The number of amides is 1. The van der Waals surface area contributed by atoms with Gasteiger partial charge in [-0.15, -0.1) is 0 Å². The van der Waals surface area contributed by atoms with Gasteiger partial charge in [-0.25, -0.2) is 4.98 Å². The number of benzene rings is 2. The molecule has 2 aromatic heterocycles. The van der Waals surface area contributed by atoms with Gasteiger partial charge in [-0.1, -0.05) is 44.2 Å². The van der Waals surface area contributed by atoms with Crippen LogP contribution in [0.4, 0.5) is 5.82 Å². The molecule has 0 bridgehead atoms. The van der Waals surface area contributed by atoms with Gasteiger partial charge >= 0.3 is 0 Å². The van der Waals surface area contributed by atoms with Gasteiger partial charge in [-0.3, -0.25) is 4.79 Å². The minimum Gasteiger partial charge on any atom is -0.481 e. The van der Waals surface area contributed by atoms with Gasteiger partial charge in [0.25, 0.3) is 5.91 Å². The summed E-state index contributed by atoms with van der Waals surface area (Å²) in [5.74, 6) is 1.38. The van der Waals surface area contributed by atoms with Crippen molar-refractivity contribution in [1.29, 1.82) is 5.26 Å². The highest BCUT2D eigenvalue weighted by atomic mass is 16.5. The largest absolute Gasteiger partial charge is 0.481 e. The summed E-state index contributed by atoms with van der Waals surface area (Å²) >= 11 is 0. The van der Waals surface area contributed by atoms with Crippen LogP contribution in [0.2, 0.25) is 0 Å². The molecule has 0 spiro atoms. The Balaban J connectivity index is 1.56. The SMILES string of the molecule is CC(Oc1ccc(C(C)C)cc1)C(=O)Nc1c(C#N)cnn1-c1ccc2ccccc2n1. The van der Waals surface area contributed by atoms with Gasteiger partial charge in [0.05, 0.1) is 11.7 Å². The van der Waals surface area contributed by atoms with E-state index in [-0.39, 0.29) is 11.4 Å². The molecule has 2 aromatic carbocycles. The number of fused-ring (bicyclic) bond motifs is 1. The van der Waals surface area contributed by atoms with Crippen molar-refractivity contribution in [2.24, 2.45) is 0 Å². The second-order valence-corrected chi connectivity index (χ2v) is 7.77. The number of aromatic nitrogens is 3. The van der Waals surface area contributed by atoms with Crippen LogP contribution in [0.5, 0.6) is 5.75 Å². The van der Waals surface area contributed by atoms with Crippen molar-refractivity contribution in [2.75, 3.05) is 5.32 Å². The fourth-order valence-corrected chi connectivity index (χ4v) is 3.30. The first-order valence-electron chi connectivity index (χ1n) is 10.4. The monoisotopic (exact) mass is 425 g/mol. The third-order valence-corrected chi connectivity index (χ3v) is 5.16. The molecule has 160 valence electrons. The summed E-state index contributed by atoms with van der Waals surface area (Å²) in [5, 5.41) is 17.5. The number of hydrogen-bond donors (Lipinski definition) is 1. The number of nitrogens with one attached hydrogen (secondary N) is 1. The van der Waals surface area contributed by atoms with E-state index in [2.05, 4.69) is 35.3 Å². The number of pyridine rings is 1. The molecule has 4 rings (SSSR count). The highest BCUT2D eigenvalue weighted by Gasteiger charge is 2.21. The average Bonchev–Trinajstić information content (AvgIpc) is 3.21. The van der Waals surface area contributed by atoms with E-state index in [1.165, 1.54) is 16.4 Å². The number of carbonyl (C=O) groups excluding carboxylic acids is 1. The van der Waals surface area contributed by atoms with Gasteiger partial charge < -0.3 is 10.1 Å². The van der Waals surface area contributed by atoms with Crippen molar-refractivity contribution in [3.05, 3.63) is 78.0 Å². The van der Waals surface area contributed by atoms with Gasteiger partial charge in [0, 0.05) is 5.39 Å². The van der Waals surface area contributed by atoms with Crippen LogP contribution in [0.25, 0.3) is 16.7 Å². The van der Waals surface area contributed by atoms with Gasteiger partial charge in [-0.2, -0.15) is 15.0 Å². The lowest BCUT2D eigenvalue weighted by Gasteiger charge is -2.16. The molecule has 1 unspecified atom stereocenters. The van der Waals surface area contributed by atoms with E-state index in [9.17, 15) is 10.1 Å². The number of ether oxygens (including phenoxy) is 1. The van der Waals surface area contributed by atoms with Crippen LogP contribution in [0.15, 0.2) is 66.9 Å². The minimum atomic E-state index is -0.778. The predicted molar refractivity (Wildman–Crippen MR) is 123 cm³/mol. The van der Waals surface area contributed by atoms with Crippen molar-refractivity contribution in [2.45, 2.75) is 32.8 Å². The molecule has 0 aliphatic rings. The third kappa shape index (κ3) is 4.30. The lowest BCUT2D eigenvalue weighted by Crippen LogP contribution is -2.31. The van der Waals surface area contributed by atoms with Crippen molar-refractivity contribution >= 4 is 22.6 Å². The molecule has 7 heteroatoms. The molecule has 1 N–H and O–H groups in total. The molecular formula is C25H23N5O2. The molecule has 0 saturated heterocycles. The number of hydrogen-bond acceptors (Lipinski definition) is 5. The summed E-state index contributed by atoms with van der Waals surface area (Å²) in [5.41, 5.74) is 2.22. The van der Waals surface area contributed by atoms with E-state index in [0.29, 0.717) is 17.5 Å². The average molecular weight is 425 g/mol. The van der Waals surface area contributed by atoms with Gasteiger partial charge in [0.15, 0.2) is 17.7 Å². The first-order valence-corrected chi connectivity index (χ1v) is 10.4. The maximum atomic E-state index is 12.8. The number of anilines is 1. The zero-order chi connectivity index (χ0) is 22.7. The summed E-state index contributed by atoms with van der Waals surface area (Å²) in [6.45, 7) is 5.89. The lowest BCUT2D eigenvalue weighted by molar-refractivity contribution is -0.122. The molecule has 32 heavy (non-hydrogen) atoms. The van der Waals surface area contributed by atoms with Crippen LogP contribution >= 0.6 is 0 Å². The Bertz CT molecular complexity index is 1300. The maximum Gasteiger partial charge on any atom is 0.266 e. The molecule has 0 aliphatic carbocycles. The Kier molecular flexibility index (Phi) is 5.86. The van der Waals surface area contributed by atoms with Gasteiger partial charge in [0.2, 0.25) is 0 Å². The Labute approximate surface area is 186 Å². The third-order valence-electron chi connectivity index (χ3n) is 5.16. The van der Waals surface area contributed by atoms with Gasteiger partial charge in [0.1, 0.15) is 17.4 Å². The highest BCUT2D eigenvalue weighted by molar-refractivity contribution is 5.94. The fourth-order valence-electron chi connectivity index (χ4n) is 3.30. The summed E-state index contributed by atoms with van der Waals surface area (Å²) < 4.78 is 7.25. The van der Waals surface area contributed by atoms with Crippen LogP contribution in [0.3, 0.4) is 0 Å². The van der Waals surface area contributed by atoms with E-state index in [4.69, 9.17) is 4.74 Å². The number of nitriles is 1. The molecule has 7 nitrogen and oxygen atoms in total. The molecular weight excluding hydrogens is 402 g/mol. The second kappa shape index (κ2) is 8.90. The Morgan fingerprint density at radius 1 is 1.06 bits per heavy atom. The molecule has 1 amide bonds. The Hall–Kier alpha value is -4.18. The van der Waals surface area contributed by atoms with Crippen molar-refractivity contribution in [1.82, 2.24) is 14.8 Å². The van der Waals surface area contributed by atoms with Crippen LogP contribution < -0.4 is 10.1 Å². The lowest BCUT2D eigenvalue weighted by atomic mass is 10.0. The number of carbonyl (C=O) groups is 1. The van der Waals surface area contributed by atoms with Crippen LogP contribution in [0.1, 0.15) is 37.8 Å². The zero-order valence-corrected chi connectivity index (χ0v) is 18.1. The maximum absolute atomic E-state index is 12.8. The van der Waals surface area contributed by atoms with E-state index in [1.54, 1.807) is 13.0 Å². The van der Waals surface area contributed by atoms with Crippen LogP contribution in [-0.4, -0.2) is 26.8 Å². The van der Waals surface area contributed by atoms with Gasteiger partial charge in [-0.05, 0) is 48.7 Å². The summed E-state index contributed by atoms with van der Waals surface area (Å²) in [6.07, 6.45) is 0.627. The molecule has 0 fully saturated rings. The van der Waals surface area contributed by atoms with E-state index < -0.39 is 12.0 Å². The summed E-state index contributed by atoms with van der Waals surface area (Å²) in [6, 6.07) is 21.2. The predicted octanol–water partition coefficient (Wildman–Crippen LogP) is 4.82. The topological polar surface area (TPSA) is 92.8 Å². The van der Waals surface area contributed by atoms with Crippen LogP contribution in [0, 0.1) is 11.3 Å². The molecule has 1 atom stereocenters. The Morgan fingerprint density at radius 2 is 1.81 bits per heavy atom. The van der Waals surface area contributed by atoms with E-state index in [0.717, 1.165) is 10.9 Å². The van der Waals surface area contributed by atoms with E-state index >= 15 is 0 Å². The van der Waals surface area contributed by atoms with Crippen molar-refractivity contribution in [3.8, 4) is 17.6 Å². The summed E-state index contributed by atoms with van der Waals surface area (Å²) in [4.78, 5) is 17.5. The summed E-state index contributed by atoms with van der Waals surface area (Å²) in [7, 11) is 0. The fraction of sp³-hybridized carbons (Fsp3) is 0.200. The smallest absolute Gasteiger partial charge is 0.266 e. The molecule has 0 saturated carbocycles. The quantitative estimate of drug-likeness (QED) is 0.478. The second-order valence-electron chi connectivity index (χ2n) is 7.77. The normalized spacial score (nSPS) is 11.8. The standard InChI is InChI=1S/C25H23N5O2/c1-16(2)18-8-11-21(12-9-18)32-17(3)25(31)29-24-20(14-26)15-27-30(24)23-13-10-19-6-4-5-7-22(19)28-23/h4-13,15-17H,1-3H3,(H,29,31). The first kappa shape index (κ1) is 21.1. The minimum absolute atomic E-state index is 0.238. The van der Waals surface area contributed by atoms with Crippen LogP contribution in [-0.2, 0) is 4.79 Å². The first-order chi connectivity index (χ1) is 15.5. The molecule has 0 aliphatic heterocycles. The number of para-hydroxylation sites is 1. The highest BCUT2D eigenvalue weighted by Crippen LogP contribution is 2.23. The van der Waals surface area contributed by atoms with E-state index in [1.807, 2.05) is 54.6 Å².